The molecule has 0 saturated carbocycles. The average molecular weight is 356 g/mol. The second-order valence-corrected chi connectivity index (χ2v) is 7.07. The van der Waals surface area contributed by atoms with Crippen molar-refractivity contribution in [3.05, 3.63) is 23.0 Å². The van der Waals surface area contributed by atoms with Gasteiger partial charge in [0, 0.05) is 45.1 Å². The first-order valence-electron chi connectivity index (χ1n) is 8.85. The molecule has 0 unspecified atom stereocenters. The molecule has 138 valence electrons. The Morgan fingerprint density at radius 1 is 1.33 bits per heavy atom. The van der Waals surface area contributed by atoms with Crippen molar-refractivity contribution in [3.8, 4) is 0 Å². The molecule has 1 aromatic heterocycles. The Kier molecular flexibility index (Phi) is 9.22. The molecule has 1 aromatic rings. The van der Waals surface area contributed by atoms with Crippen molar-refractivity contribution in [1.29, 1.82) is 0 Å². The van der Waals surface area contributed by atoms with Crippen LogP contribution in [0, 0.1) is 0 Å². The summed E-state index contributed by atoms with van der Waals surface area (Å²) in [7, 11) is 6.26. The Balaban J connectivity index is 2.50. The van der Waals surface area contributed by atoms with Gasteiger partial charge < -0.3 is 19.7 Å². The highest BCUT2D eigenvalue weighted by atomic mass is 35.5. The lowest BCUT2D eigenvalue weighted by Gasteiger charge is -2.22. The van der Waals surface area contributed by atoms with E-state index < -0.39 is 0 Å². The maximum absolute atomic E-state index is 6.07. The topological polar surface area (TPSA) is 35.8 Å². The summed E-state index contributed by atoms with van der Waals surface area (Å²) in [5.74, 6) is 0.951. The van der Waals surface area contributed by atoms with E-state index in [4.69, 9.17) is 16.6 Å². The van der Waals surface area contributed by atoms with E-state index in [1.165, 1.54) is 12.1 Å². The van der Waals surface area contributed by atoms with Crippen molar-refractivity contribution in [2.24, 2.45) is 12.0 Å². The van der Waals surface area contributed by atoms with Gasteiger partial charge in [-0.15, -0.1) is 0 Å². The van der Waals surface area contributed by atoms with Gasteiger partial charge in [0.1, 0.15) is 0 Å². The molecule has 0 spiro atoms. The monoisotopic (exact) mass is 355 g/mol. The van der Waals surface area contributed by atoms with Gasteiger partial charge in [-0.2, -0.15) is 0 Å². The zero-order valence-corrected chi connectivity index (χ0v) is 16.9. The summed E-state index contributed by atoms with van der Waals surface area (Å²) in [5, 5.41) is 4.15. The van der Waals surface area contributed by atoms with Crippen molar-refractivity contribution in [2.45, 2.75) is 46.2 Å². The van der Waals surface area contributed by atoms with Crippen LogP contribution in [0.15, 0.2) is 17.3 Å². The highest BCUT2D eigenvalue weighted by Crippen LogP contribution is 2.14. The number of unbranched alkanes of at least 4 members (excludes halogenated alkanes) is 1. The molecule has 5 nitrogen and oxygen atoms in total. The lowest BCUT2D eigenvalue weighted by atomic mass is 10.2. The van der Waals surface area contributed by atoms with E-state index in [0.29, 0.717) is 6.04 Å². The summed E-state index contributed by atoms with van der Waals surface area (Å²) in [6.07, 6.45) is 4.21. The highest BCUT2D eigenvalue weighted by Gasteiger charge is 2.09. The molecule has 1 rings (SSSR count). The summed E-state index contributed by atoms with van der Waals surface area (Å²) in [4.78, 5) is 9.28. The number of hydrogen-bond donors (Lipinski definition) is 1. The number of rotatable bonds is 9. The van der Waals surface area contributed by atoms with Crippen LogP contribution in [-0.4, -0.2) is 60.1 Å². The number of guanidine groups is 1. The van der Waals surface area contributed by atoms with Gasteiger partial charge in [-0.05, 0) is 53.3 Å². The Morgan fingerprint density at radius 2 is 2.04 bits per heavy atom. The van der Waals surface area contributed by atoms with Crippen molar-refractivity contribution >= 4 is 17.6 Å². The molecule has 0 atom stereocenters. The Bertz CT molecular complexity index is 510. The number of hydrogen-bond acceptors (Lipinski definition) is 2. The number of aromatic nitrogens is 1. The first-order valence-corrected chi connectivity index (χ1v) is 9.23. The number of halogens is 1. The van der Waals surface area contributed by atoms with Crippen LogP contribution in [0.25, 0.3) is 0 Å². The molecule has 0 saturated heterocycles. The van der Waals surface area contributed by atoms with Gasteiger partial charge in [-0.1, -0.05) is 11.6 Å². The molecule has 1 N–H and O–H groups in total. The van der Waals surface area contributed by atoms with Gasteiger partial charge in [-0.3, -0.25) is 4.99 Å². The van der Waals surface area contributed by atoms with Crippen LogP contribution >= 0.6 is 11.6 Å². The Morgan fingerprint density at radius 3 is 2.58 bits per heavy atom. The van der Waals surface area contributed by atoms with Gasteiger partial charge in [0.05, 0.1) is 11.6 Å². The summed E-state index contributed by atoms with van der Waals surface area (Å²) >= 11 is 6.07. The SMILES string of the molecule is CCNC(=NCCCCN(C)C(C)C)N(C)Cc1cc(Cl)cn1C. The van der Waals surface area contributed by atoms with E-state index in [1.807, 2.05) is 19.3 Å². The standard InChI is InChI=1S/C18H34ClN5/c1-7-20-18(21-10-8-9-11-22(4)15(2)3)24(6)14-17-12-16(19)13-23(17)5/h12-13,15H,7-11,14H2,1-6H3,(H,20,21). The third-order valence-corrected chi connectivity index (χ3v) is 4.44. The van der Waals surface area contributed by atoms with Crippen LogP contribution in [-0.2, 0) is 13.6 Å². The smallest absolute Gasteiger partial charge is 0.194 e. The van der Waals surface area contributed by atoms with Crippen molar-refractivity contribution in [3.63, 3.8) is 0 Å². The second kappa shape index (κ2) is 10.6. The quantitative estimate of drug-likeness (QED) is 0.420. The molecular weight excluding hydrogens is 322 g/mol. The van der Waals surface area contributed by atoms with E-state index in [-0.39, 0.29) is 0 Å². The van der Waals surface area contributed by atoms with E-state index in [0.717, 1.165) is 43.6 Å². The highest BCUT2D eigenvalue weighted by molar-refractivity contribution is 6.30. The molecule has 0 amide bonds. The number of nitrogens with one attached hydrogen (secondary N) is 1. The predicted molar refractivity (Wildman–Crippen MR) is 105 cm³/mol. The molecule has 0 bridgehead atoms. The minimum atomic E-state index is 0.606. The van der Waals surface area contributed by atoms with Crippen LogP contribution in [0.1, 0.15) is 39.3 Å². The van der Waals surface area contributed by atoms with E-state index >= 15 is 0 Å². The molecule has 0 aliphatic heterocycles. The molecule has 0 radical (unpaired) electrons. The first kappa shape index (κ1) is 20.8. The lowest BCUT2D eigenvalue weighted by Crippen LogP contribution is -2.39. The zero-order valence-electron chi connectivity index (χ0n) is 16.1. The van der Waals surface area contributed by atoms with E-state index in [2.05, 4.69) is 54.6 Å². The molecule has 0 aliphatic carbocycles. The molecule has 1 heterocycles. The third kappa shape index (κ3) is 7.14. The van der Waals surface area contributed by atoms with Crippen LogP contribution < -0.4 is 5.32 Å². The molecule has 0 fully saturated rings. The Hall–Kier alpha value is -1.20. The van der Waals surface area contributed by atoms with Crippen LogP contribution in [0.3, 0.4) is 0 Å². The molecule has 0 aromatic carbocycles. The summed E-state index contributed by atoms with van der Waals surface area (Å²) in [5.41, 5.74) is 1.17. The van der Waals surface area contributed by atoms with Crippen LogP contribution in [0.4, 0.5) is 0 Å². The largest absolute Gasteiger partial charge is 0.357 e. The normalized spacial score (nSPS) is 12.3. The van der Waals surface area contributed by atoms with Gasteiger partial charge in [-0.25, -0.2) is 0 Å². The summed E-state index contributed by atoms with van der Waals surface area (Å²) in [6, 6.07) is 2.61. The summed E-state index contributed by atoms with van der Waals surface area (Å²) in [6.45, 7) is 10.2. The zero-order chi connectivity index (χ0) is 18.1. The van der Waals surface area contributed by atoms with Crippen LogP contribution in [0.2, 0.25) is 5.02 Å². The number of aryl methyl sites for hydroxylation is 1. The fourth-order valence-electron chi connectivity index (χ4n) is 2.43. The van der Waals surface area contributed by atoms with Crippen LogP contribution in [0.5, 0.6) is 0 Å². The maximum atomic E-state index is 6.07. The average Bonchev–Trinajstić information content (AvgIpc) is 2.82. The van der Waals surface area contributed by atoms with E-state index in [1.54, 1.807) is 0 Å². The maximum Gasteiger partial charge on any atom is 0.194 e. The van der Waals surface area contributed by atoms with E-state index in [9.17, 15) is 0 Å². The van der Waals surface area contributed by atoms with Gasteiger partial charge in [0.15, 0.2) is 5.96 Å². The molecule has 24 heavy (non-hydrogen) atoms. The van der Waals surface area contributed by atoms with Crippen molar-refractivity contribution < 1.29 is 0 Å². The van der Waals surface area contributed by atoms with Gasteiger partial charge >= 0.3 is 0 Å². The fourth-order valence-corrected chi connectivity index (χ4v) is 2.70. The van der Waals surface area contributed by atoms with Gasteiger partial charge in [0.2, 0.25) is 0 Å². The second-order valence-electron chi connectivity index (χ2n) is 6.63. The minimum absolute atomic E-state index is 0.606. The van der Waals surface area contributed by atoms with Gasteiger partial charge in [0.25, 0.3) is 0 Å². The first-order chi connectivity index (χ1) is 11.3. The lowest BCUT2D eigenvalue weighted by molar-refractivity contribution is 0.269. The predicted octanol–water partition coefficient (Wildman–Crippen LogP) is 3.20. The van der Waals surface area contributed by atoms with Crippen molar-refractivity contribution in [1.82, 2.24) is 19.7 Å². The Labute approximate surface area is 152 Å². The molecule has 6 heteroatoms. The number of aliphatic imine (C=N–C) groups is 1. The summed E-state index contributed by atoms with van der Waals surface area (Å²) < 4.78 is 2.06. The fraction of sp³-hybridized carbons (Fsp3) is 0.722. The van der Waals surface area contributed by atoms with Crippen molar-refractivity contribution in [2.75, 3.05) is 33.7 Å². The number of nitrogens with zero attached hydrogens (tertiary/aromatic N) is 4. The minimum Gasteiger partial charge on any atom is -0.357 e. The molecule has 0 aliphatic rings. The molecular formula is C18H34ClN5. The third-order valence-electron chi connectivity index (χ3n) is 4.23.